The summed E-state index contributed by atoms with van der Waals surface area (Å²) in [7, 11) is 1.71. The molecule has 0 radical (unpaired) electrons. The molecule has 1 aromatic rings. The zero-order valence-corrected chi connectivity index (χ0v) is 18.2. The Morgan fingerprint density at radius 1 is 1.13 bits per heavy atom. The normalized spacial score (nSPS) is 18.7. The van der Waals surface area contributed by atoms with Gasteiger partial charge < -0.3 is 21.2 Å². The van der Waals surface area contributed by atoms with Gasteiger partial charge in [0.2, 0.25) is 0 Å². The highest BCUT2D eigenvalue weighted by Crippen LogP contribution is 2.32. The minimum Gasteiger partial charge on any atom is -0.489 e. The van der Waals surface area contributed by atoms with Gasteiger partial charge in [-0.1, -0.05) is 6.42 Å². The number of amidine groups is 1. The van der Waals surface area contributed by atoms with Crippen molar-refractivity contribution in [3.63, 3.8) is 0 Å². The lowest BCUT2D eigenvalue weighted by Gasteiger charge is -2.25. The molecule has 9 nitrogen and oxygen atoms in total. The fraction of sp³-hybridized carbons (Fsp3) is 0.619. The SMILES string of the molecule is Cc1nc(/C(N)=C(\CN(N)/N=C(\N)CC2CC2)N(C)N)ccc1OC1CCCCC1. The van der Waals surface area contributed by atoms with Crippen LogP contribution >= 0.6 is 0 Å². The van der Waals surface area contributed by atoms with Crippen molar-refractivity contribution >= 4 is 11.5 Å². The standard InChI is InChI=1S/C21H36N8O/c1-14-19(30-16-6-4-3-5-7-16)11-10-17(26-14)21(23)18(28(2)24)13-29(25)27-20(22)12-15-8-9-15/h10-11,15-16H,3-9,12-13,23-25H2,1-2H3,(H2,22,27)/b21-18-. The summed E-state index contributed by atoms with van der Waals surface area (Å²) in [6.45, 7) is 2.14. The molecule has 2 fully saturated rings. The fourth-order valence-electron chi connectivity index (χ4n) is 3.73. The molecule has 9 heteroatoms. The van der Waals surface area contributed by atoms with Crippen LogP contribution in [0.2, 0.25) is 0 Å². The van der Waals surface area contributed by atoms with Crippen LogP contribution in [0.3, 0.4) is 0 Å². The number of nitrogens with zero attached hydrogens (tertiary/aromatic N) is 4. The number of hydrogen-bond donors (Lipinski definition) is 4. The van der Waals surface area contributed by atoms with Crippen LogP contribution in [0.15, 0.2) is 22.9 Å². The van der Waals surface area contributed by atoms with Gasteiger partial charge in [0.15, 0.2) is 0 Å². The van der Waals surface area contributed by atoms with Crippen molar-refractivity contribution in [2.24, 2.45) is 34.2 Å². The Morgan fingerprint density at radius 2 is 1.83 bits per heavy atom. The maximum absolute atomic E-state index is 6.41. The van der Waals surface area contributed by atoms with Crippen molar-refractivity contribution in [1.29, 1.82) is 0 Å². The molecule has 2 saturated carbocycles. The summed E-state index contributed by atoms with van der Waals surface area (Å²) in [5.74, 6) is 14.0. The number of hydrazone groups is 1. The molecule has 0 aromatic carbocycles. The van der Waals surface area contributed by atoms with E-state index in [0.29, 0.717) is 28.8 Å². The minimum atomic E-state index is 0.214. The molecule has 1 heterocycles. The zero-order valence-electron chi connectivity index (χ0n) is 18.2. The number of ether oxygens (including phenoxy) is 1. The highest BCUT2D eigenvalue weighted by atomic mass is 16.5. The molecule has 0 saturated heterocycles. The van der Waals surface area contributed by atoms with Gasteiger partial charge in [-0.15, -0.1) is 5.10 Å². The molecule has 166 valence electrons. The molecule has 0 amide bonds. The number of hydrogen-bond acceptors (Lipinski definition) is 8. The first-order valence-corrected chi connectivity index (χ1v) is 10.8. The molecule has 1 aromatic heterocycles. The predicted octanol–water partition coefficient (Wildman–Crippen LogP) is 1.78. The van der Waals surface area contributed by atoms with Gasteiger partial charge in [0.05, 0.1) is 35.4 Å². The van der Waals surface area contributed by atoms with Crippen LogP contribution in [0.5, 0.6) is 5.75 Å². The average molecular weight is 417 g/mol. The number of aryl methyl sites for hydroxylation is 1. The Hall–Kier alpha value is -2.52. The molecular weight excluding hydrogens is 380 g/mol. The molecule has 30 heavy (non-hydrogen) atoms. The summed E-state index contributed by atoms with van der Waals surface area (Å²) in [5.41, 5.74) is 14.9. The van der Waals surface area contributed by atoms with Crippen LogP contribution in [0.4, 0.5) is 0 Å². The highest BCUT2D eigenvalue weighted by molar-refractivity contribution is 5.80. The van der Waals surface area contributed by atoms with E-state index in [1.807, 2.05) is 19.1 Å². The van der Waals surface area contributed by atoms with E-state index in [1.54, 1.807) is 7.05 Å². The van der Waals surface area contributed by atoms with Crippen molar-refractivity contribution in [2.75, 3.05) is 13.6 Å². The van der Waals surface area contributed by atoms with Gasteiger partial charge >= 0.3 is 0 Å². The van der Waals surface area contributed by atoms with E-state index in [4.69, 9.17) is 27.9 Å². The van der Waals surface area contributed by atoms with Gasteiger partial charge in [0.25, 0.3) is 0 Å². The molecule has 0 spiro atoms. The van der Waals surface area contributed by atoms with E-state index in [9.17, 15) is 0 Å². The van der Waals surface area contributed by atoms with Crippen LogP contribution in [0.25, 0.3) is 5.70 Å². The fourth-order valence-corrected chi connectivity index (χ4v) is 3.73. The molecule has 3 rings (SSSR count). The number of rotatable bonds is 9. The van der Waals surface area contributed by atoms with Crippen LogP contribution in [-0.4, -0.2) is 40.6 Å². The van der Waals surface area contributed by atoms with Crippen molar-refractivity contribution in [2.45, 2.75) is 64.4 Å². The predicted molar refractivity (Wildman–Crippen MR) is 119 cm³/mol. The van der Waals surface area contributed by atoms with Crippen LogP contribution in [-0.2, 0) is 0 Å². The van der Waals surface area contributed by atoms with E-state index >= 15 is 0 Å². The van der Waals surface area contributed by atoms with Gasteiger partial charge in [-0.05, 0) is 63.5 Å². The van der Waals surface area contributed by atoms with E-state index in [1.165, 1.54) is 42.2 Å². The second kappa shape index (κ2) is 9.99. The summed E-state index contributed by atoms with van der Waals surface area (Å²) < 4.78 is 6.16. The summed E-state index contributed by atoms with van der Waals surface area (Å²) in [6.07, 6.45) is 9.38. The summed E-state index contributed by atoms with van der Waals surface area (Å²) in [6, 6.07) is 3.79. The van der Waals surface area contributed by atoms with Crippen LogP contribution in [0, 0.1) is 12.8 Å². The number of nitrogens with two attached hydrogens (primary N) is 4. The molecule has 2 aliphatic carbocycles. The Balaban J connectivity index is 1.72. The molecule has 0 aliphatic heterocycles. The molecule has 8 N–H and O–H groups in total. The van der Waals surface area contributed by atoms with Crippen LogP contribution in [0.1, 0.15) is 62.8 Å². The van der Waals surface area contributed by atoms with Crippen molar-refractivity contribution in [1.82, 2.24) is 15.1 Å². The van der Waals surface area contributed by atoms with E-state index in [2.05, 4.69) is 10.1 Å². The third-order valence-electron chi connectivity index (χ3n) is 5.66. The first-order chi connectivity index (χ1) is 14.3. The van der Waals surface area contributed by atoms with Gasteiger partial charge in [0, 0.05) is 13.5 Å². The maximum atomic E-state index is 6.41. The number of likely N-dealkylation sites (N-methyl/N-ethyl adjacent to an activating group) is 1. The third kappa shape index (κ3) is 6.24. The van der Waals surface area contributed by atoms with Crippen molar-refractivity contribution in [3.05, 3.63) is 29.2 Å². The molecule has 0 bridgehead atoms. The topological polar surface area (TPSA) is 145 Å². The summed E-state index contributed by atoms with van der Waals surface area (Å²) >= 11 is 0. The molecule has 2 aliphatic rings. The van der Waals surface area contributed by atoms with Crippen molar-refractivity contribution in [3.8, 4) is 5.75 Å². The van der Waals surface area contributed by atoms with Gasteiger partial charge in [-0.2, -0.15) is 0 Å². The van der Waals surface area contributed by atoms with E-state index < -0.39 is 0 Å². The Kier molecular flexibility index (Phi) is 7.38. The van der Waals surface area contributed by atoms with E-state index in [0.717, 1.165) is 30.7 Å². The van der Waals surface area contributed by atoms with Gasteiger partial charge in [-0.3, -0.25) is 0 Å². The lowest BCUT2D eigenvalue weighted by Crippen LogP contribution is -2.38. The summed E-state index contributed by atoms with van der Waals surface area (Å²) in [4.78, 5) is 4.65. The Labute approximate surface area is 179 Å². The Morgan fingerprint density at radius 3 is 2.43 bits per heavy atom. The third-order valence-corrected chi connectivity index (χ3v) is 5.66. The average Bonchev–Trinajstić information content (AvgIpc) is 3.51. The minimum absolute atomic E-state index is 0.214. The van der Waals surface area contributed by atoms with Crippen molar-refractivity contribution < 1.29 is 4.74 Å². The number of aromatic nitrogens is 1. The smallest absolute Gasteiger partial charge is 0.140 e. The van der Waals surface area contributed by atoms with Gasteiger partial charge in [-0.25, -0.2) is 21.8 Å². The first kappa shape index (κ1) is 22.2. The lowest BCUT2D eigenvalue weighted by molar-refractivity contribution is 0.153. The highest BCUT2D eigenvalue weighted by Gasteiger charge is 2.23. The molecule has 0 atom stereocenters. The Bertz CT molecular complexity index is 781. The van der Waals surface area contributed by atoms with Crippen LogP contribution < -0.4 is 27.9 Å². The molecular formula is C21H36N8O. The monoisotopic (exact) mass is 416 g/mol. The second-order valence-electron chi connectivity index (χ2n) is 8.47. The largest absolute Gasteiger partial charge is 0.489 e. The van der Waals surface area contributed by atoms with Gasteiger partial charge in [0.1, 0.15) is 11.6 Å². The lowest BCUT2D eigenvalue weighted by atomic mass is 9.98. The number of hydrazine groups is 2. The quantitative estimate of drug-likeness (QED) is 0.206. The zero-order chi connectivity index (χ0) is 21.7. The second-order valence-corrected chi connectivity index (χ2v) is 8.47. The van der Waals surface area contributed by atoms with E-state index in [-0.39, 0.29) is 12.6 Å². The number of pyridine rings is 1. The molecule has 0 unspecified atom stereocenters. The maximum Gasteiger partial charge on any atom is 0.140 e. The first-order valence-electron chi connectivity index (χ1n) is 10.8. The summed E-state index contributed by atoms with van der Waals surface area (Å²) in [5, 5.41) is 6.96.